The summed E-state index contributed by atoms with van der Waals surface area (Å²) in [4.78, 5) is 26.8. The van der Waals surface area contributed by atoms with Gasteiger partial charge in [0.05, 0.1) is 0 Å². The molecule has 2 aromatic heterocycles. The van der Waals surface area contributed by atoms with E-state index in [1.54, 1.807) is 25.8 Å². The summed E-state index contributed by atoms with van der Waals surface area (Å²) in [5.41, 5.74) is 1.10. The Bertz CT molecular complexity index is 791. The highest BCUT2D eigenvalue weighted by Crippen LogP contribution is 2.13. The van der Waals surface area contributed by atoms with Crippen molar-refractivity contribution in [3.63, 3.8) is 0 Å². The molecule has 1 atom stereocenters. The molecule has 1 unspecified atom stereocenters. The third-order valence-electron chi connectivity index (χ3n) is 4.60. The van der Waals surface area contributed by atoms with Crippen LogP contribution in [0.2, 0.25) is 0 Å². The fourth-order valence-corrected chi connectivity index (χ4v) is 3.12. The van der Waals surface area contributed by atoms with Gasteiger partial charge < -0.3 is 15.5 Å². The molecule has 2 N–H and O–H groups in total. The van der Waals surface area contributed by atoms with Crippen LogP contribution >= 0.6 is 24.0 Å². The molecule has 1 saturated heterocycles. The predicted molar refractivity (Wildman–Crippen MR) is 120 cm³/mol. The lowest BCUT2D eigenvalue weighted by Crippen LogP contribution is -2.45. The molecule has 1 fully saturated rings. The summed E-state index contributed by atoms with van der Waals surface area (Å²) >= 11 is 0. The Hall–Kier alpha value is -2.17. The van der Waals surface area contributed by atoms with E-state index in [0.717, 1.165) is 36.9 Å². The molecule has 8 nitrogen and oxygen atoms in total. The van der Waals surface area contributed by atoms with Crippen molar-refractivity contribution in [3.05, 3.63) is 42.6 Å². The summed E-state index contributed by atoms with van der Waals surface area (Å²) in [5.74, 6) is 1.82. The van der Waals surface area contributed by atoms with Gasteiger partial charge in [-0.05, 0) is 24.1 Å². The van der Waals surface area contributed by atoms with Crippen molar-refractivity contribution in [3.8, 4) is 5.82 Å². The largest absolute Gasteiger partial charge is 0.352 e. The molecule has 3 heterocycles. The van der Waals surface area contributed by atoms with Crippen LogP contribution in [0.3, 0.4) is 0 Å². The van der Waals surface area contributed by atoms with Crippen LogP contribution in [-0.2, 0) is 11.3 Å². The van der Waals surface area contributed by atoms with E-state index in [-0.39, 0.29) is 41.8 Å². The summed E-state index contributed by atoms with van der Waals surface area (Å²) in [6.45, 7) is 6.03. The number of hydrogen-bond acceptors (Lipinski definition) is 4. The number of pyridine rings is 1. The molecule has 0 aliphatic carbocycles. The van der Waals surface area contributed by atoms with Crippen LogP contribution < -0.4 is 10.6 Å². The number of amides is 1. The number of imidazole rings is 1. The first-order chi connectivity index (χ1) is 13.1. The third kappa shape index (κ3) is 5.66. The molecule has 0 aromatic carbocycles. The second kappa shape index (κ2) is 10.4. The summed E-state index contributed by atoms with van der Waals surface area (Å²) < 4.78 is 1.87. The number of guanidine groups is 1. The lowest BCUT2D eigenvalue weighted by atomic mass is 10.2. The van der Waals surface area contributed by atoms with Crippen LogP contribution in [0.5, 0.6) is 0 Å². The molecule has 1 aliphatic rings. The van der Waals surface area contributed by atoms with Crippen molar-refractivity contribution in [2.75, 3.05) is 20.1 Å². The number of aromatic nitrogens is 3. The second-order valence-corrected chi connectivity index (χ2v) is 6.99. The quantitative estimate of drug-likeness (QED) is 0.374. The Labute approximate surface area is 182 Å². The van der Waals surface area contributed by atoms with E-state index in [2.05, 4.69) is 25.6 Å². The molecule has 1 aliphatic heterocycles. The van der Waals surface area contributed by atoms with Crippen LogP contribution in [0.15, 0.2) is 42.0 Å². The monoisotopic (exact) mass is 497 g/mol. The number of likely N-dealkylation sites (tertiary alicyclic amines) is 1. The Morgan fingerprint density at radius 2 is 2.21 bits per heavy atom. The molecular formula is C19H28IN7O. The summed E-state index contributed by atoms with van der Waals surface area (Å²) in [7, 11) is 1.75. The Kier molecular flexibility index (Phi) is 8.21. The first-order valence-corrected chi connectivity index (χ1v) is 9.26. The van der Waals surface area contributed by atoms with E-state index < -0.39 is 0 Å². The van der Waals surface area contributed by atoms with Gasteiger partial charge in [-0.3, -0.25) is 14.4 Å². The zero-order valence-corrected chi connectivity index (χ0v) is 18.8. The topological polar surface area (TPSA) is 87.4 Å². The number of hydrogen-bond donors (Lipinski definition) is 2. The van der Waals surface area contributed by atoms with E-state index in [9.17, 15) is 4.79 Å². The lowest BCUT2D eigenvalue weighted by Gasteiger charge is -2.20. The van der Waals surface area contributed by atoms with E-state index in [1.807, 2.05) is 41.6 Å². The van der Waals surface area contributed by atoms with E-state index in [4.69, 9.17) is 0 Å². The standard InChI is InChI=1S/C19H27N7O.HI/c1-14(2)18(27)25-8-5-16(12-25)24-19(20-3)23-11-15-4-6-22-17(10-15)26-9-7-21-13-26;/h4,6-7,9-10,13-14,16H,5,8,11-12H2,1-3H3,(H2,20,23,24);1H. The number of carbonyl (C=O) groups excluding carboxylic acids is 1. The fraction of sp³-hybridized carbons (Fsp3) is 0.474. The van der Waals surface area contributed by atoms with Gasteiger partial charge in [-0.15, -0.1) is 24.0 Å². The van der Waals surface area contributed by atoms with Crippen LogP contribution in [0.4, 0.5) is 0 Å². The van der Waals surface area contributed by atoms with Crippen LogP contribution in [-0.4, -0.2) is 57.5 Å². The van der Waals surface area contributed by atoms with Gasteiger partial charge in [0.15, 0.2) is 5.96 Å². The van der Waals surface area contributed by atoms with Crippen molar-refractivity contribution < 1.29 is 4.79 Å². The third-order valence-corrected chi connectivity index (χ3v) is 4.60. The maximum absolute atomic E-state index is 12.1. The number of nitrogens with one attached hydrogen (secondary N) is 2. The highest BCUT2D eigenvalue weighted by Gasteiger charge is 2.27. The van der Waals surface area contributed by atoms with Gasteiger partial charge in [-0.25, -0.2) is 9.97 Å². The average molecular weight is 497 g/mol. The molecule has 2 aromatic rings. The number of nitrogens with zero attached hydrogens (tertiary/aromatic N) is 5. The minimum Gasteiger partial charge on any atom is -0.352 e. The van der Waals surface area contributed by atoms with Gasteiger partial charge >= 0.3 is 0 Å². The van der Waals surface area contributed by atoms with E-state index in [0.29, 0.717) is 6.54 Å². The fourth-order valence-electron chi connectivity index (χ4n) is 3.12. The van der Waals surface area contributed by atoms with Crippen molar-refractivity contribution in [2.45, 2.75) is 32.9 Å². The highest BCUT2D eigenvalue weighted by molar-refractivity contribution is 14.0. The highest BCUT2D eigenvalue weighted by atomic mass is 127. The summed E-state index contributed by atoms with van der Waals surface area (Å²) in [6.07, 6.45) is 8.04. The molecule has 0 radical (unpaired) electrons. The number of rotatable bonds is 5. The van der Waals surface area contributed by atoms with Crippen molar-refractivity contribution in [1.82, 2.24) is 30.1 Å². The van der Waals surface area contributed by atoms with E-state index >= 15 is 0 Å². The molecule has 152 valence electrons. The maximum Gasteiger partial charge on any atom is 0.225 e. The van der Waals surface area contributed by atoms with Gasteiger partial charge in [0.2, 0.25) is 5.91 Å². The van der Waals surface area contributed by atoms with Crippen LogP contribution in [0, 0.1) is 5.92 Å². The molecule has 1 amide bonds. The SMILES string of the molecule is CN=C(NCc1ccnc(-n2ccnc2)c1)NC1CCN(C(=O)C(C)C)C1.I. The van der Waals surface area contributed by atoms with Crippen molar-refractivity contribution >= 4 is 35.8 Å². The van der Waals surface area contributed by atoms with Gasteiger partial charge in [0.25, 0.3) is 0 Å². The zero-order valence-electron chi connectivity index (χ0n) is 16.5. The lowest BCUT2D eigenvalue weighted by molar-refractivity contribution is -0.133. The van der Waals surface area contributed by atoms with Crippen molar-refractivity contribution in [2.24, 2.45) is 10.9 Å². The van der Waals surface area contributed by atoms with Gasteiger partial charge in [-0.2, -0.15) is 0 Å². The Morgan fingerprint density at radius 3 is 2.89 bits per heavy atom. The molecular weight excluding hydrogens is 469 g/mol. The van der Waals surface area contributed by atoms with Crippen molar-refractivity contribution in [1.29, 1.82) is 0 Å². The molecule has 3 rings (SSSR count). The van der Waals surface area contributed by atoms with Gasteiger partial charge in [0, 0.05) is 57.2 Å². The van der Waals surface area contributed by atoms with Gasteiger partial charge in [0.1, 0.15) is 12.1 Å². The maximum atomic E-state index is 12.1. The predicted octanol–water partition coefficient (Wildman–Crippen LogP) is 1.81. The van der Waals surface area contributed by atoms with Crippen LogP contribution in [0.1, 0.15) is 25.8 Å². The molecule has 28 heavy (non-hydrogen) atoms. The second-order valence-electron chi connectivity index (χ2n) is 6.99. The zero-order chi connectivity index (χ0) is 19.2. The Balaban J connectivity index is 0.00000280. The number of carbonyl (C=O) groups is 1. The molecule has 9 heteroatoms. The number of aliphatic imine (C=N–C) groups is 1. The average Bonchev–Trinajstić information content (AvgIpc) is 3.36. The van der Waals surface area contributed by atoms with E-state index in [1.165, 1.54) is 0 Å². The molecule has 0 saturated carbocycles. The minimum atomic E-state index is 0. The Morgan fingerprint density at radius 1 is 1.39 bits per heavy atom. The molecule has 0 bridgehead atoms. The number of halogens is 1. The normalized spacial score (nSPS) is 16.8. The van der Waals surface area contributed by atoms with Gasteiger partial charge in [-0.1, -0.05) is 13.8 Å². The van der Waals surface area contributed by atoms with Crippen LogP contribution in [0.25, 0.3) is 5.82 Å². The summed E-state index contributed by atoms with van der Waals surface area (Å²) in [6, 6.07) is 4.21. The smallest absolute Gasteiger partial charge is 0.225 e. The first kappa shape index (κ1) is 22.1. The minimum absolute atomic E-state index is 0. The summed E-state index contributed by atoms with van der Waals surface area (Å²) in [5, 5.41) is 6.75. The first-order valence-electron chi connectivity index (χ1n) is 9.26. The molecule has 0 spiro atoms.